The molecular formula is C23H27N3O5S. The van der Waals surface area contributed by atoms with Crippen LogP contribution in [0, 0.1) is 0 Å². The minimum atomic E-state index is -3.81. The van der Waals surface area contributed by atoms with E-state index < -0.39 is 16.1 Å². The maximum absolute atomic E-state index is 13.2. The first-order chi connectivity index (χ1) is 15.4. The smallest absolute Gasteiger partial charge is 0.411 e. The Morgan fingerprint density at radius 3 is 2.66 bits per heavy atom. The lowest BCUT2D eigenvalue weighted by Gasteiger charge is -2.24. The first kappa shape index (κ1) is 23.5. The Morgan fingerprint density at radius 2 is 1.91 bits per heavy atom. The fourth-order valence-corrected chi connectivity index (χ4v) is 5.03. The van der Waals surface area contributed by atoms with E-state index in [1.807, 2.05) is 30.3 Å². The molecule has 3 rings (SSSR count). The van der Waals surface area contributed by atoms with E-state index in [2.05, 4.69) is 17.2 Å². The molecule has 170 valence electrons. The summed E-state index contributed by atoms with van der Waals surface area (Å²) in [5, 5.41) is 5.36. The highest BCUT2D eigenvalue weighted by Crippen LogP contribution is 2.23. The van der Waals surface area contributed by atoms with Crippen LogP contribution in [0.4, 0.5) is 10.5 Å². The second-order valence-electron chi connectivity index (χ2n) is 7.48. The van der Waals surface area contributed by atoms with Gasteiger partial charge in [0, 0.05) is 24.8 Å². The number of hydrogen-bond donors (Lipinski definition) is 2. The number of ether oxygens (including phenoxy) is 1. The average molecular weight is 458 g/mol. The molecule has 2 N–H and O–H groups in total. The van der Waals surface area contributed by atoms with Crippen LogP contribution in [-0.2, 0) is 26.2 Å². The second kappa shape index (κ2) is 10.9. The monoisotopic (exact) mass is 457 g/mol. The maximum atomic E-state index is 13.2. The number of hydrogen-bond acceptors (Lipinski definition) is 5. The molecular weight excluding hydrogens is 430 g/mol. The number of amides is 2. The molecule has 0 bridgehead atoms. The highest BCUT2D eigenvalue weighted by Gasteiger charge is 2.29. The molecule has 0 saturated carbocycles. The minimum Gasteiger partial charge on any atom is -0.444 e. The van der Waals surface area contributed by atoms with Crippen molar-refractivity contribution in [2.24, 2.45) is 0 Å². The Balaban J connectivity index is 1.67. The topological polar surface area (TPSA) is 105 Å². The first-order valence-electron chi connectivity index (χ1n) is 10.4. The van der Waals surface area contributed by atoms with Crippen LogP contribution in [0.3, 0.4) is 0 Å². The molecule has 1 aliphatic rings. The Kier molecular flexibility index (Phi) is 8.02. The summed E-state index contributed by atoms with van der Waals surface area (Å²) in [6, 6.07) is 15.0. The summed E-state index contributed by atoms with van der Waals surface area (Å²) in [7, 11) is -3.81. The Hall–Kier alpha value is -3.17. The van der Waals surface area contributed by atoms with E-state index in [4.69, 9.17) is 4.74 Å². The first-order valence-corrected chi connectivity index (χ1v) is 11.8. The van der Waals surface area contributed by atoms with Gasteiger partial charge in [-0.3, -0.25) is 10.1 Å². The standard InChI is InChI=1S/C23H27N3O5S/c1-2-22(27)24-20-11-6-7-14-26(16-20)32(29,30)21-13-8-12-19(15-21)25-23(28)31-17-18-9-4-3-5-10-18/h2-5,8-10,12-13,15,20H,1,6-7,11,14,16-17H2,(H,24,27)(H,25,28). The lowest BCUT2D eigenvalue weighted by atomic mass is 10.1. The van der Waals surface area contributed by atoms with Gasteiger partial charge in [0.2, 0.25) is 15.9 Å². The quantitative estimate of drug-likeness (QED) is 0.621. The van der Waals surface area contributed by atoms with Crippen molar-refractivity contribution >= 4 is 27.7 Å². The molecule has 2 amide bonds. The minimum absolute atomic E-state index is 0.0639. The molecule has 0 radical (unpaired) electrons. The van der Waals surface area contributed by atoms with Gasteiger partial charge in [0.25, 0.3) is 0 Å². The van der Waals surface area contributed by atoms with Gasteiger partial charge in [-0.25, -0.2) is 13.2 Å². The molecule has 1 atom stereocenters. The van der Waals surface area contributed by atoms with Crippen LogP contribution in [0.2, 0.25) is 0 Å². The van der Waals surface area contributed by atoms with E-state index in [9.17, 15) is 18.0 Å². The van der Waals surface area contributed by atoms with E-state index in [1.54, 1.807) is 12.1 Å². The third-order valence-electron chi connectivity index (χ3n) is 5.10. The summed E-state index contributed by atoms with van der Waals surface area (Å²) in [5.74, 6) is -0.325. The zero-order valence-electron chi connectivity index (χ0n) is 17.7. The maximum Gasteiger partial charge on any atom is 0.411 e. The van der Waals surface area contributed by atoms with E-state index in [1.165, 1.54) is 22.5 Å². The van der Waals surface area contributed by atoms with Crippen LogP contribution >= 0.6 is 0 Å². The zero-order chi connectivity index (χ0) is 23.0. The van der Waals surface area contributed by atoms with Gasteiger partial charge in [0.05, 0.1) is 4.90 Å². The van der Waals surface area contributed by atoms with Crippen LogP contribution in [0.1, 0.15) is 24.8 Å². The molecule has 1 unspecified atom stereocenters. The van der Waals surface area contributed by atoms with E-state index >= 15 is 0 Å². The van der Waals surface area contributed by atoms with Crippen molar-refractivity contribution in [3.8, 4) is 0 Å². The molecule has 32 heavy (non-hydrogen) atoms. The number of carbonyl (C=O) groups is 2. The summed E-state index contributed by atoms with van der Waals surface area (Å²) in [6.45, 7) is 4.09. The molecule has 8 nitrogen and oxygen atoms in total. The van der Waals surface area contributed by atoms with Gasteiger partial charge in [-0.15, -0.1) is 0 Å². The van der Waals surface area contributed by atoms with Gasteiger partial charge in [-0.2, -0.15) is 4.31 Å². The third-order valence-corrected chi connectivity index (χ3v) is 6.96. The fraction of sp³-hybridized carbons (Fsp3) is 0.304. The molecule has 0 aliphatic carbocycles. The predicted octanol–water partition coefficient (Wildman–Crippen LogP) is 3.28. The number of sulfonamides is 1. The number of rotatable bonds is 7. The highest BCUT2D eigenvalue weighted by molar-refractivity contribution is 7.89. The Labute approximate surface area is 188 Å². The summed E-state index contributed by atoms with van der Waals surface area (Å²) in [5.41, 5.74) is 1.16. The van der Waals surface area contributed by atoms with Crippen molar-refractivity contribution in [1.82, 2.24) is 9.62 Å². The summed E-state index contributed by atoms with van der Waals surface area (Å²) >= 11 is 0. The number of nitrogens with zero attached hydrogens (tertiary/aromatic N) is 1. The number of anilines is 1. The van der Waals surface area contributed by atoms with Crippen LogP contribution in [-0.4, -0.2) is 43.9 Å². The predicted molar refractivity (Wildman–Crippen MR) is 121 cm³/mol. The Morgan fingerprint density at radius 1 is 1.12 bits per heavy atom. The molecule has 0 spiro atoms. The molecule has 1 aliphatic heterocycles. The molecule has 1 saturated heterocycles. The van der Waals surface area contributed by atoms with Crippen LogP contribution in [0.25, 0.3) is 0 Å². The van der Waals surface area contributed by atoms with Crippen molar-refractivity contribution < 1.29 is 22.7 Å². The van der Waals surface area contributed by atoms with Gasteiger partial charge < -0.3 is 10.1 Å². The lowest BCUT2D eigenvalue weighted by Crippen LogP contribution is -2.44. The van der Waals surface area contributed by atoms with Gasteiger partial charge in [0.15, 0.2) is 0 Å². The van der Waals surface area contributed by atoms with Crippen molar-refractivity contribution in [1.29, 1.82) is 0 Å². The molecule has 9 heteroatoms. The fourth-order valence-electron chi connectivity index (χ4n) is 3.46. The summed E-state index contributed by atoms with van der Waals surface area (Å²) in [6.07, 6.45) is 2.70. The molecule has 2 aromatic rings. The molecule has 2 aromatic carbocycles. The Bertz CT molecular complexity index is 1060. The SMILES string of the molecule is C=CC(=O)NC1CCCCN(S(=O)(=O)c2cccc(NC(=O)OCc3ccccc3)c2)C1. The lowest BCUT2D eigenvalue weighted by molar-refractivity contribution is -0.117. The third kappa shape index (κ3) is 6.41. The number of benzene rings is 2. The molecule has 1 heterocycles. The molecule has 1 fully saturated rings. The zero-order valence-corrected chi connectivity index (χ0v) is 18.5. The average Bonchev–Trinajstić information content (AvgIpc) is 3.04. The van der Waals surface area contributed by atoms with E-state index in [-0.39, 0.29) is 30.0 Å². The highest BCUT2D eigenvalue weighted by atomic mass is 32.2. The van der Waals surface area contributed by atoms with Crippen molar-refractivity contribution in [2.45, 2.75) is 36.8 Å². The van der Waals surface area contributed by atoms with Crippen molar-refractivity contribution in [2.75, 3.05) is 18.4 Å². The van der Waals surface area contributed by atoms with Crippen LogP contribution in [0.5, 0.6) is 0 Å². The number of carbonyl (C=O) groups excluding carboxylic acids is 2. The van der Waals surface area contributed by atoms with Crippen molar-refractivity contribution in [3.63, 3.8) is 0 Å². The van der Waals surface area contributed by atoms with Gasteiger partial charge in [-0.05, 0) is 42.7 Å². The van der Waals surface area contributed by atoms with Crippen molar-refractivity contribution in [3.05, 3.63) is 72.8 Å². The normalized spacial score (nSPS) is 17.1. The summed E-state index contributed by atoms with van der Waals surface area (Å²) in [4.78, 5) is 23.9. The van der Waals surface area contributed by atoms with Gasteiger partial charge in [0.1, 0.15) is 6.61 Å². The van der Waals surface area contributed by atoms with Gasteiger partial charge >= 0.3 is 6.09 Å². The van der Waals surface area contributed by atoms with E-state index in [0.717, 1.165) is 12.0 Å². The van der Waals surface area contributed by atoms with Crippen LogP contribution < -0.4 is 10.6 Å². The van der Waals surface area contributed by atoms with Crippen LogP contribution in [0.15, 0.2) is 72.1 Å². The van der Waals surface area contributed by atoms with E-state index in [0.29, 0.717) is 25.1 Å². The second-order valence-corrected chi connectivity index (χ2v) is 9.42. The molecule has 0 aromatic heterocycles. The largest absolute Gasteiger partial charge is 0.444 e. The number of nitrogens with one attached hydrogen (secondary N) is 2. The summed E-state index contributed by atoms with van der Waals surface area (Å²) < 4.78 is 33.0. The van der Waals surface area contributed by atoms with Gasteiger partial charge in [-0.1, -0.05) is 49.4 Å².